The third kappa shape index (κ3) is 26.1. The van der Waals surface area contributed by atoms with E-state index in [2.05, 4.69) is 20.8 Å². The van der Waals surface area contributed by atoms with Crippen molar-refractivity contribution in [2.45, 2.75) is 219 Å². The largest absolute Gasteiger partial charge is 0.462 e. The molecule has 0 aromatic heterocycles. The molecular formula is C44H80O8. The summed E-state index contributed by atoms with van der Waals surface area (Å²) < 4.78 is 10.6. The van der Waals surface area contributed by atoms with Gasteiger partial charge in [-0.05, 0) is 37.5 Å². The molecule has 0 aromatic carbocycles. The summed E-state index contributed by atoms with van der Waals surface area (Å²) in [6.45, 7) is 6.21. The summed E-state index contributed by atoms with van der Waals surface area (Å²) in [6, 6.07) is 0. The van der Waals surface area contributed by atoms with Crippen LogP contribution < -0.4 is 0 Å². The van der Waals surface area contributed by atoms with Crippen LogP contribution in [0.3, 0.4) is 0 Å². The smallest absolute Gasteiger partial charge is 0.306 e. The molecule has 8 heteroatoms. The zero-order valence-electron chi connectivity index (χ0n) is 33.7. The average molecular weight is 737 g/mol. The lowest BCUT2D eigenvalue weighted by atomic mass is 9.88. The van der Waals surface area contributed by atoms with E-state index in [0.717, 1.165) is 70.1 Å². The first-order valence-corrected chi connectivity index (χ1v) is 21.7. The number of carbonyl (C=O) groups is 3. The molecule has 0 amide bonds. The third-order valence-corrected chi connectivity index (χ3v) is 10.6. The molecule has 1 aliphatic rings. The van der Waals surface area contributed by atoms with E-state index in [9.17, 15) is 29.7 Å². The molecule has 0 unspecified atom stereocenters. The van der Waals surface area contributed by atoms with Crippen molar-refractivity contribution in [1.82, 2.24) is 0 Å². The van der Waals surface area contributed by atoms with E-state index in [1.54, 1.807) is 12.2 Å². The standard InChI is InChI=1S/C44H80O8/c1-4-5-21-27-37(46)31-32-40-39(41(47)33-42(40)48)28-23-19-20-25-30-44(50)52-38(34-45)35-51-43(49)29-24-18-16-14-12-10-8-6-7-9-11-13-15-17-22-26-36(2)3/h31-32,36-41,45-47H,4-30,33-35H2,1-3H3/b32-31+/t37-,38-,39+,40+,41-/m0/s1. The summed E-state index contributed by atoms with van der Waals surface area (Å²) in [5.41, 5.74) is 0. The second-order valence-electron chi connectivity index (χ2n) is 16.0. The van der Waals surface area contributed by atoms with Gasteiger partial charge in [0.25, 0.3) is 0 Å². The Morgan fingerprint density at radius 1 is 0.731 bits per heavy atom. The molecule has 8 nitrogen and oxygen atoms in total. The summed E-state index contributed by atoms with van der Waals surface area (Å²) in [4.78, 5) is 36.9. The number of hydrogen-bond donors (Lipinski definition) is 3. The van der Waals surface area contributed by atoms with Crippen LogP contribution >= 0.6 is 0 Å². The highest BCUT2D eigenvalue weighted by atomic mass is 16.6. The zero-order valence-corrected chi connectivity index (χ0v) is 33.7. The molecule has 3 N–H and O–H groups in total. The summed E-state index contributed by atoms with van der Waals surface area (Å²) >= 11 is 0. The molecule has 0 heterocycles. The highest BCUT2D eigenvalue weighted by Crippen LogP contribution is 2.34. The molecule has 0 aliphatic heterocycles. The second kappa shape index (κ2) is 32.6. The maximum atomic E-state index is 12.4. The van der Waals surface area contributed by atoms with Gasteiger partial charge in [-0.15, -0.1) is 0 Å². The van der Waals surface area contributed by atoms with Crippen molar-refractivity contribution in [3.63, 3.8) is 0 Å². The van der Waals surface area contributed by atoms with Gasteiger partial charge in [0.05, 0.1) is 18.8 Å². The first kappa shape index (κ1) is 48.2. The molecule has 52 heavy (non-hydrogen) atoms. The van der Waals surface area contributed by atoms with Crippen molar-refractivity contribution in [2.75, 3.05) is 13.2 Å². The van der Waals surface area contributed by atoms with Gasteiger partial charge in [-0.25, -0.2) is 0 Å². The molecule has 1 saturated carbocycles. The number of ether oxygens (including phenoxy) is 2. The van der Waals surface area contributed by atoms with Crippen LogP contribution in [0, 0.1) is 17.8 Å². The van der Waals surface area contributed by atoms with Gasteiger partial charge in [0.1, 0.15) is 12.4 Å². The monoisotopic (exact) mass is 737 g/mol. The number of carbonyl (C=O) groups excluding carboxylic acids is 3. The minimum Gasteiger partial charge on any atom is -0.462 e. The lowest BCUT2D eigenvalue weighted by Crippen LogP contribution is -2.28. The van der Waals surface area contributed by atoms with Gasteiger partial charge in [-0.1, -0.05) is 168 Å². The Bertz CT molecular complexity index is 918. The topological polar surface area (TPSA) is 130 Å². The molecule has 1 rings (SSSR count). The Hall–Kier alpha value is -1.77. The highest BCUT2D eigenvalue weighted by molar-refractivity contribution is 5.86. The maximum Gasteiger partial charge on any atom is 0.306 e. The normalized spacial score (nSPS) is 18.8. The van der Waals surface area contributed by atoms with Crippen molar-refractivity contribution >= 4 is 17.7 Å². The van der Waals surface area contributed by atoms with Crippen molar-refractivity contribution < 1.29 is 39.2 Å². The van der Waals surface area contributed by atoms with Gasteiger partial charge in [0.15, 0.2) is 6.10 Å². The number of hydrogen-bond acceptors (Lipinski definition) is 8. The lowest BCUT2D eigenvalue weighted by Gasteiger charge is -2.19. The van der Waals surface area contributed by atoms with E-state index < -0.39 is 30.9 Å². The number of aliphatic hydroxyl groups is 3. The third-order valence-electron chi connectivity index (χ3n) is 10.6. The van der Waals surface area contributed by atoms with Crippen molar-refractivity contribution in [2.24, 2.45) is 17.8 Å². The Morgan fingerprint density at radius 3 is 1.77 bits per heavy atom. The van der Waals surface area contributed by atoms with Crippen LogP contribution in [-0.2, 0) is 23.9 Å². The molecule has 0 saturated heterocycles. The molecule has 304 valence electrons. The number of unbranched alkanes of at least 4 members (excludes halogenated alkanes) is 19. The predicted molar refractivity (Wildman–Crippen MR) is 211 cm³/mol. The number of aliphatic hydroxyl groups excluding tert-OH is 3. The van der Waals surface area contributed by atoms with E-state index in [4.69, 9.17) is 9.47 Å². The van der Waals surface area contributed by atoms with Crippen molar-refractivity contribution in [3.05, 3.63) is 12.2 Å². The van der Waals surface area contributed by atoms with Gasteiger partial charge in [0.2, 0.25) is 0 Å². The fourth-order valence-electron chi connectivity index (χ4n) is 7.29. The molecule has 1 aliphatic carbocycles. The van der Waals surface area contributed by atoms with Gasteiger partial charge >= 0.3 is 11.9 Å². The number of esters is 2. The van der Waals surface area contributed by atoms with Crippen LogP contribution in [0.2, 0.25) is 0 Å². The van der Waals surface area contributed by atoms with E-state index in [1.807, 2.05) is 0 Å². The molecule has 0 radical (unpaired) electrons. The van der Waals surface area contributed by atoms with E-state index in [0.29, 0.717) is 19.3 Å². The molecule has 0 spiro atoms. The van der Waals surface area contributed by atoms with Gasteiger partial charge in [0, 0.05) is 25.2 Å². The van der Waals surface area contributed by atoms with Crippen LogP contribution in [0.4, 0.5) is 0 Å². The Morgan fingerprint density at radius 2 is 1.23 bits per heavy atom. The molecule has 0 aromatic rings. The van der Waals surface area contributed by atoms with Crippen LogP contribution in [0.15, 0.2) is 12.2 Å². The average Bonchev–Trinajstić information content (AvgIpc) is 3.39. The maximum absolute atomic E-state index is 12.4. The number of allylic oxidation sites excluding steroid dienone is 1. The van der Waals surface area contributed by atoms with Crippen LogP contribution in [-0.4, -0.2) is 64.6 Å². The summed E-state index contributed by atoms with van der Waals surface area (Å²) in [7, 11) is 0. The molecule has 5 atom stereocenters. The van der Waals surface area contributed by atoms with Crippen LogP contribution in [0.5, 0.6) is 0 Å². The Kier molecular flexibility index (Phi) is 30.3. The number of ketones is 1. The summed E-state index contributed by atoms with van der Waals surface area (Å²) in [5.74, 6) is -0.347. The molecule has 0 bridgehead atoms. The van der Waals surface area contributed by atoms with Gasteiger partial charge < -0.3 is 24.8 Å². The summed E-state index contributed by atoms with van der Waals surface area (Å²) in [5, 5.41) is 30.3. The highest BCUT2D eigenvalue weighted by Gasteiger charge is 2.39. The Labute approximate surface area is 318 Å². The van der Waals surface area contributed by atoms with Crippen LogP contribution in [0.1, 0.15) is 201 Å². The quantitative estimate of drug-likeness (QED) is 0.0333. The first-order valence-electron chi connectivity index (χ1n) is 21.7. The predicted octanol–water partition coefficient (Wildman–Crippen LogP) is 10.1. The van der Waals surface area contributed by atoms with E-state index >= 15 is 0 Å². The van der Waals surface area contributed by atoms with Crippen molar-refractivity contribution in [1.29, 1.82) is 0 Å². The van der Waals surface area contributed by atoms with Crippen LogP contribution in [0.25, 0.3) is 0 Å². The van der Waals surface area contributed by atoms with E-state index in [-0.39, 0.29) is 43.0 Å². The molecular weight excluding hydrogens is 656 g/mol. The van der Waals surface area contributed by atoms with Gasteiger partial charge in [-0.2, -0.15) is 0 Å². The SMILES string of the molecule is CCCCC[C@H](O)/C=C/[C@H]1C(=O)C[C@H](O)[C@@H]1CCCCCCC(=O)O[C@@H](CO)COC(=O)CCCCCCCCCCCCCCCCCC(C)C. The Balaban J connectivity index is 2.03. The minimum atomic E-state index is -0.854. The fourth-order valence-corrected chi connectivity index (χ4v) is 7.29. The molecule has 1 fully saturated rings. The summed E-state index contributed by atoms with van der Waals surface area (Å²) in [6.07, 6.45) is 30.3. The fraction of sp³-hybridized carbons (Fsp3) is 0.886. The number of rotatable bonds is 35. The zero-order chi connectivity index (χ0) is 38.2. The second-order valence-corrected chi connectivity index (χ2v) is 16.0. The number of Topliss-reactive ketones (excluding diaryl/α,β-unsaturated/α-hetero) is 1. The minimum absolute atomic E-state index is 0.0339. The van der Waals surface area contributed by atoms with E-state index in [1.165, 1.54) is 83.5 Å². The van der Waals surface area contributed by atoms with Crippen molar-refractivity contribution in [3.8, 4) is 0 Å². The van der Waals surface area contributed by atoms with Gasteiger partial charge in [-0.3, -0.25) is 14.4 Å². The first-order chi connectivity index (χ1) is 25.2. The lowest BCUT2D eigenvalue weighted by molar-refractivity contribution is -0.161.